The van der Waals surface area contributed by atoms with Crippen molar-refractivity contribution in [3.63, 3.8) is 0 Å². The van der Waals surface area contributed by atoms with E-state index >= 15 is 0 Å². The van der Waals surface area contributed by atoms with Crippen molar-refractivity contribution >= 4 is 5.78 Å². The Labute approximate surface area is 86.9 Å². The molecule has 1 unspecified atom stereocenters. The zero-order valence-corrected chi connectivity index (χ0v) is 9.47. The second-order valence-corrected chi connectivity index (χ2v) is 5.45. The smallest absolute Gasteiger partial charge is 0.155 e. The van der Waals surface area contributed by atoms with Crippen LogP contribution in [0.3, 0.4) is 0 Å². The molecule has 0 saturated heterocycles. The number of ketones is 1. The van der Waals surface area contributed by atoms with Gasteiger partial charge in [0.1, 0.15) is 0 Å². The second-order valence-electron chi connectivity index (χ2n) is 5.45. The molecule has 1 heteroatoms. The monoisotopic (exact) mass is 192 g/mol. The molecule has 0 fully saturated rings. The van der Waals surface area contributed by atoms with E-state index in [1.165, 1.54) is 6.08 Å². The van der Waals surface area contributed by atoms with Crippen LogP contribution in [0.2, 0.25) is 0 Å². The molecule has 14 heavy (non-hydrogen) atoms. The highest BCUT2D eigenvalue weighted by Crippen LogP contribution is 2.43. The largest absolute Gasteiger partial charge is 0.295 e. The average molecular weight is 192 g/mol. The molecule has 0 aromatic heterocycles. The van der Waals surface area contributed by atoms with E-state index in [0.29, 0.717) is 11.8 Å². The van der Waals surface area contributed by atoms with Gasteiger partial charge in [0.25, 0.3) is 0 Å². The summed E-state index contributed by atoms with van der Waals surface area (Å²) in [6.45, 7) is 10.2. The standard InChI is InChI=1S/C13H20O/c1-5-11(14)9-13(4)8-6-7-12(2,3)10-13/h5-6,8H,1,7,9-10H2,2-4H3. The third-order valence-electron chi connectivity index (χ3n) is 2.88. The Bertz CT molecular complexity index is 273. The summed E-state index contributed by atoms with van der Waals surface area (Å²) in [4.78, 5) is 11.3. The van der Waals surface area contributed by atoms with Crippen molar-refractivity contribution in [3.8, 4) is 0 Å². The van der Waals surface area contributed by atoms with Gasteiger partial charge in [-0.2, -0.15) is 0 Å². The maximum Gasteiger partial charge on any atom is 0.155 e. The van der Waals surface area contributed by atoms with Gasteiger partial charge in [0.15, 0.2) is 5.78 Å². The molecule has 1 aliphatic carbocycles. The van der Waals surface area contributed by atoms with Crippen LogP contribution in [-0.2, 0) is 4.79 Å². The van der Waals surface area contributed by atoms with E-state index in [2.05, 4.69) is 39.5 Å². The van der Waals surface area contributed by atoms with Crippen molar-refractivity contribution < 1.29 is 4.79 Å². The van der Waals surface area contributed by atoms with E-state index in [1.54, 1.807) is 0 Å². The van der Waals surface area contributed by atoms with E-state index in [4.69, 9.17) is 0 Å². The fourth-order valence-corrected chi connectivity index (χ4v) is 2.48. The van der Waals surface area contributed by atoms with Crippen LogP contribution >= 0.6 is 0 Å². The van der Waals surface area contributed by atoms with Gasteiger partial charge in [-0.1, -0.05) is 39.5 Å². The second kappa shape index (κ2) is 3.72. The van der Waals surface area contributed by atoms with Gasteiger partial charge in [0.05, 0.1) is 0 Å². The molecule has 1 nitrogen and oxygen atoms in total. The molecule has 1 aliphatic rings. The normalized spacial score (nSPS) is 29.9. The van der Waals surface area contributed by atoms with Crippen molar-refractivity contribution in [2.24, 2.45) is 10.8 Å². The summed E-state index contributed by atoms with van der Waals surface area (Å²) in [6, 6.07) is 0. The minimum atomic E-state index is 0.0347. The average Bonchev–Trinajstić information content (AvgIpc) is 2.00. The van der Waals surface area contributed by atoms with E-state index in [1.807, 2.05) is 0 Å². The van der Waals surface area contributed by atoms with Gasteiger partial charge in [-0.15, -0.1) is 0 Å². The van der Waals surface area contributed by atoms with Crippen molar-refractivity contribution in [1.82, 2.24) is 0 Å². The summed E-state index contributed by atoms with van der Waals surface area (Å²) in [5, 5.41) is 0. The van der Waals surface area contributed by atoms with Crippen LogP contribution in [0.1, 0.15) is 40.0 Å². The molecule has 0 bridgehead atoms. The highest BCUT2D eigenvalue weighted by molar-refractivity contribution is 5.89. The molecule has 1 rings (SSSR count). The van der Waals surface area contributed by atoms with Gasteiger partial charge in [0.2, 0.25) is 0 Å². The zero-order chi connectivity index (χ0) is 10.8. The molecule has 0 saturated carbocycles. The number of rotatable bonds is 3. The highest BCUT2D eigenvalue weighted by Gasteiger charge is 2.33. The molecule has 0 heterocycles. The Kier molecular flexibility index (Phi) is 2.98. The Hall–Kier alpha value is -0.850. The fraction of sp³-hybridized carbons (Fsp3) is 0.615. The molecule has 0 N–H and O–H groups in total. The molecule has 0 spiro atoms. The first-order chi connectivity index (χ1) is 6.37. The Balaban J connectivity index is 2.75. The molecule has 0 aromatic rings. The zero-order valence-electron chi connectivity index (χ0n) is 9.47. The number of carbonyl (C=O) groups is 1. The summed E-state index contributed by atoms with van der Waals surface area (Å²) in [5.41, 5.74) is 0.359. The van der Waals surface area contributed by atoms with Crippen LogP contribution < -0.4 is 0 Å². The number of carbonyl (C=O) groups excluding carboxylic acids is 1. The van der Waals surface area contributed by atoms with Crippen LogP contribution in [-0.4, -0.2) is 5.78 Å². The SMILES string of the molecule is C=CC(=O)CC1(C)C=CCC(C)(C)C1. The van der Waals surface area contributed by atoms with Gasteiger partial charge in [-0.25, -0.2) is 0 Å². The molecule has 0 aliphatic heterocycles. The summed E-state index contributed by atoms with van der Waals surface area (Å²) in [6.07, 6.45) is 8.62. The van der Waals surface area contributed by atoms with Crippen molar-refractivity contribution in [2.45, 2.75) is 40.0 Å². The van der Waals surface area contributed by atoms with Crippen LogP contribution in [0.4, 0.5) is 0 Å². The van der Waals surface area contributed by atoms with Crippen molar-refractivity contribution in [2.75, 3.05) is 0 Å². The first-order valence-electron chi connectivity index (χ1n) is 5.20. The summed E-state index contributed by atoms with van der Waals surface area (Å²) < 4.78 is 0. The van der Waals surface area contributed by atoms with Gasteiger partial charge >= 0.3 is 0 Å². The van der Waals surface area contributed by atoms with Gasteiger partial charge < -0.3 is 0 Å². The lowest BCUT2D eigenvalue weighted by atomic mass is 9.66. The number of hydrogen-bond donors (Lipinski definition) is 0. The molecule has 0 radical (unpaired) electrons. The van der Waals surface area contributed by atoms with Crippen LogP contribution in [0.15, 0.2) is 24.8 Å². The van der Waals surface area contributed by atoms with Gasteiger partial charge in [-0.05, 0) is 29.7 Å². The minimum Gasteiger partial charge on any atom is -0.295 e. The first kappa shape index (κ1) is 11.2. The first-order valence-corrected chi connectivity index (χ1v) is 5.20. The topological polar surface area (TPSA) is 17.1 Å². The lowest BCUT2D eigenvalue weighted by Crippen LogP contribution is -2.29. The van der Waals surface area contributed by atoms with E-state index in [-0.39, 0.29) is 11.2 Å². The number of allylic oxidation sites excluding steroid dienone is 3. The summed E-state index contributed by atoms with van der Waals surface area (Å²) >= 11 is 0. The maximum absolute atomic E-state index is 11.3. The van der Waals surface area contributed by atoms with Crippen LogP contribution in [0.5, 0.6) is 0 Å². The summed E-state index contributed by atoms with van der Waals surface area (Å²) in [5.74, 6) is 0.148. The van der Waals surface area contributed by atoms with Gasteiger partial charge in [0, 0.05) is 6.42 Å². The number of hydrogen-bond acceptors (Lipinski definition) is 1. The Morgan fingerprint density at radius 1 is 1.50 bits per heavy atom. The van der Waals surface area contributed by atoms with E-state index in [0.717, 1.165) is 12.8 Å². The third kappa shape index (κ3) is 2.83. The highest BCUT2D eigenvalue weighted by atomic mass is 16.1. The Morgan fingerprint density at radius 3 is 2.64 bits per heavy atom. The van der Waals surface area contributed by atoms with Crippen LogP contribution in [0, 0.1) is 10.8 Å². The summed E-state index contributed by atoms with van der Waals surface area (Å²) in [7, 11) is 0. The molecule has 1 atom stereocenters. The fourth-order valence-electron chi connectivity index (χ4n) is 2.48. The predicted molar refractivity (Wildman–Crippen MR) is 60.1 cm³/mol. The van der Waals surface area contributed by atoms with Crippen molar-refractivity contribution in [3.05, 3.63) is 24.8 Å². The lowest BCUT2D eigenvalue weighted by molar-refractivity contribution is -0.116. The maximum atomic E-state index is 11.3. The third-order valence-corrected chi connectivity index (χ3v) is 2.88. The minimum absolute atomic E-state index is 0.0347. The van der Waals surface area contributed by atoms with E-state index in [9.17, 15) is 4.79 Å². The predicted octanol–water partition coefficient (Wildman–Crippen LogP) is 3.51. The van der Waals surface area contributed by atoms with E-state index < -0.39 is 0 Å². The lowest BCUT2D eigenvalue weighted by Gasteiger charge is -2.38. The van der Waals surface area contributed by atoms with Crippen LogP contribution in [0.25, 0.3) is 0 Å². The molecular formula is C13H20O. The molecule has 78 valence electrons. The van der Waals surface area contributed by atoms with Gasteiger partial charge in [-0.3, -0.25) is 4.79 Å². The molecule has 0 aromatic carbocycles. The quantitative estimate of drug-likeness (QED) is 0.494. The van der Waals surface area contributed by atoms with Crippen molar-refractivity contribution in [1.29, 1.82) is 0 Å². The molecule has 0 amide bonds. The Morgan fingerprint density at radius 2 is 2.14 bits per heavy atom. The molecular weight excluding hydrogens is 172 g/mol.